The Balaban J connectivity index is 2.01. The average molecular weight is 223 g/mol. The maximum absolute atomic E-state index is 4.15. The average Bonchev–Trinajstić information content (AvgIpc) is 2.34. The molecular weight excluding hydrogens is 194 g/mol. The third-order valence-electron chi connectivity index (χ3n) is 4.05. The molecule has 1 nitrogen and oxygen atoms in total. The van der Waals surface area contributed by atoms with Gasteiger partial charge in [-0.1, -0.05) is 58.3 Å². The van der Waals surface area contributed by atoms with E-state index in [1.165, 1.54) is 64.2 Å². The summed E-state index contributed by atoms with van der Waals surface area (Å²) in [6.45, 7) is 2.27. The minimum Gasteiger partial charge on any atom is -0.301 e. The molecule has 0 spiro atoms. The van der Waals surface area contributed by atoms with Gasteiger partial charge in [0.05, 0.1) is 0 Å². The Kier molecular flexibility index (Phi) is 7.54. The molecule has 1 aliphatic rings. The van der Waals surface area contributed by atoms with Crippen LogP contribution < -0.4 is 0 Å². The van der Waals surface area contributed by atoms with Gasteiger partial charge in [0.1, 0.15) is 0 Å². The third kappa shape index (κ3) is 5.67. The summed E-state index contributed by atoms with van der Waals surface area (Å²) >= 11 is 0. The Morgan fingerprint density at radius 2 is 1.94 bits per heavy atom. The lowest BCUT2D eigenvalue weighted by molar-refractivity contribution is 0.326. The van der Waals surface area contributed by atoms with E-state index in [9.17, 15) is 0 Å². The van der Waals surface area contributed by atoms with Gasteiger partial charge in [-0.15, -0.1) is 0 Å². The molecule has 0 bridgehead atoms. The minimum absolute atomic E-state index is 0.733. The molecule has 1 heteroatoms. The summed E-state index contributed by atoms with van der Waals surface area (Å²) in [5.74, 6) is 1.80. The van der Waals surface area contributed by atoms with E-state index in [1.807, 2.05) is 7.05 Å². The Labute approximate surface area is 102 Å². The van der Waals surface area contributed by atoms with Gasteiger partial charge in [-0.25, -0.2) is 0 Å². The molecule has 16 heavy (non-hydrogen) atoms. The number of hydrogen-bond donors (Lipinski definition) is 0. The molecule has 0 heterocycles. The second-order valence-electron chi connectivity index (χ2n) is 5.36. The van der Waals surface area contributed by atoms with Crippen molar-refractivity contribution in [3.8, 4) is 0 Å². The van der Waals surface area contributed by atoms with Crippen molar-refractivity contribution in [2.75, 3.05) is 7.05 Å². The Morgan fingerprint density at radius 3 is 2.56 bits per heavy atom. The molecule has 0 aromatic heterocycles. The highest BCUT2D eigenvalue weighted by Crippen LogP contribution is 2.28. The van der Waals surface area contributed by atoms with E-state index in [-0.39, 0.29) is 0 Å². The fraction of sp³-hybridized carbons (Fsp3) is 0.933. The van der Waals surface area contributed by atoms with Gasteiger partial charge in [-0.3, -0.25) is 0 Å². The smallest absolute Gasteiger partial charge is 0.0273 e. The molecule has 0 amide bonds. The van der Waals surface area contributed by atoms with Crippen molar-refractivity contribution in [3.63, 3.8) is 0 Å². The van der Waals surface area contributed by atoms with Gasteiger partial charge in [0, 0.05) is 13.3 Å². The summed E-state index contributed by atoms with van der Waals surface area (Å²) in [7, 11) is 1.89. The third-order valence-corrected chi connectivity index (χ3v) is 4.05. The number of nitrogens with zero attached hydrogens (tertiary/aromatic N) is 1. The van der Waals surface area contributed by atoms with E-state index in [1.54, 1.807) is 0 Å². The van der Waals surface area contributed by atoms with Crippen molar-refractivity contribution in [3.05, 3.63) is 0 Å². The first kappa shape index (κ1) is 13.7. The van der Waals surface area contributed by atoms with Gasteiger partial charge >= 0.3 is 0 Å². The highest BCUT2D eigenvalue weighted by molar-refractivity contribution is 5.60. The summed E-state index contributed by atoms with van der Waals surface area (Å²) < 4.78 is 0. The van der Waals surface area contributed by atoms with Crippen LogP contribution in [0, 0.1) is 11.8 Å². The zero-order valence-corrected chi connectivity index (χ0v) is 11.3. The fourth-order valence-electron chi connectivity index (χ4n) is 2.91. The van der Waals surface area contributed by atoms with E-state index >= 15 is 0 Å². The predicted molar refractivity (Wildman–Crippen MR) is 73.2 cm³/mol. The second-order valence-corrected chi connectivity index (χ2v) is 5.36. The van der Waals surface area contributed by atoms with Gasteiger partial charge in [0.15, 0.2) is 0 Å². The molecule has 0 radical (unpaired) electrons. The molecule has 1 atom stereocenters. The zero-order valence-electron chi connectivity index (χ0n) is 11.3. The summed E-state index contributed by atoms with van der Waals surface area (Å²) in [5, 5.41) is 0. The van der Waals surface area contributed by atoms with Gasteiger partial charge in [-0.2, -0.15) is 0 Å². The Bertz CT molecular complexity index is 180. The van der Waals surface area contributed by atoms with Crippen molar-refractivity contribution in [2.24, 2.45) is 16.8 Å². The van der Waals surface area contributed by atoms with E-state index in [4.69, 9.17) is 0 Å². The van der Waals surface area contributed by atoms with Gasteiger partial charge < -0.3 is 4.99 Å². The minimum atomic E-state index is 0.733. The predicted octanol–water partition coefficient (Wildman–Crippen LogP) is 4.85. The van der Waals surface area contributed by atoms with Crippen LogP contribution in [0.3, 0.4) is 0 Å². The van der Waals surface area contributed by atoms with Crippen LogP contribution in [0.5, 0.6) is 0 Å². The van der Waals surface area contributed by atoms with E-state index in [0.717, 1.165) is 11.8 Å². The van der Waals surface area contributed by atoms with Crippen molar-refractivity contribution < 1.29 is 0 Å². The highest BCUT2D eigenvalue weighted by Gasteiger charge is 2.12. The van der Waals surface area contributed by atoms with Crippen molar-refractivity contribution in [1.82, 2.24) is 0 Å². The Hall–Kier alpha value is -0.330. The molecule has 0 N–H and O–H groups in total. The summed E-state index contributed by atoms with van der Waals surface area (Å²) in [6, 6.07) is 0. The Morgan fingerprint density at radius 1 is 1.19 bits per heavy atom. The lowest BCUT2D eigenvalue weighted by atomic mass is 9.85. The van der Waals surface area contributed by atoms with Crippen molar-refractivity contribution >= 4 is 6.21 Å². The van der Waals surface area contributed by atoms with Crippen LogP contribution >= 0.6 is 0 Å². The van der Waals surface area contributed by atoms with E-state index in [2.05, 4.69) is 18.1 Å². The first-order chi connectivity index (χ1) is 7.86. The molecule has 0 aliphatic heterocycles. The van der Waals surface area contributed by atoms with Crippen LogP contribution in [0.1, 0.15) is 71.1 Å². The topological polar surface area (TPSA) is 12.4 Å². The van der Waals surface area contributed by atoms with E-state index < -0.39 is 0 Å². The van der Waals surface area contributed by atoms with Crippen LogP contribution in [0.2, 0.25) is 0 Å². The van der Waals surface area contributed by atoms with Gasteiger partial charge in [0.25, 0.3) is 0 Å². The molecule has 1 rings (SSSR count). The number of unbranched alkanes of at least 4 members (excludes halogenated alkanes) is 1. The van der Waals surface area contributed by atoms with Crippen LogP contribution in [0.15, 0.2) is 4.99 Å². The molecule has 0 unspecified atom stereocenters. The van der Waals surface area contributed by atoms with Gasteiger partial charge in [-0.05, 0) is 24.7 Å². The molecule has 0 saturated heterocycles. The zero-order chi connectivity index (χ0) is 11.6. The number of hydrogen-bond acceptors (Lipinski definition) is 1. The quantitative estimate of drug-likeness (QED) is 0.432. The van der Waals surface area contributed by atoms with Gasteiger partial charge in [0.2, 0.25) is 0 Å². The van der Waals surface area contributed by atoms with Crippen LogP contribution in [-0.4, -0.2) is 13.3 Å². The van der Waals surface area contributed by atoms with Crippen LogP contribution in [-0.2, 0) is 0 Å². The second kappa shape index (κ2) is 8.78. The maximum atomic E-state index is 4.15. The maximum Gasteiger partial charge on any atom is 0.0273 e. The van der Waals surface area contributed by atoms with E-state index in [0.29, 0.717) is 0 Å². The molecule has 0 aromatic carbocycles. The molecule has 94 valence electrons. The molecular formula is C15H29N. The summed E-state index contributed by atoms with van der Waals surface area (Å²) in [4.78, 5) is 4.15. The number of rotatable bonds is 7. The number of aliphatic imine (C=N–C) groups is 1. The van der Waals surface area contributed by atoms with Crippen LogP contribution in [0.25, 0.3) is 0 Å². The molecule has 0 aromatic rings. The first-order valence-corrected chi connectivity index (χ1v) is 7.29. The largest absolute Gasteiger partial charge is 0.301 e. The van der Waals surface area contributed by atoms with Crippen molar-refractivity contribution in [2.45, 2.75) is 71.1 Å². The van der Waals surface area contributed by atoms with Crippen molar-refractivity contribution in [1.29, 1.82) is 0 Å². The highest BCUT2D eigenvalue weighted by atomic mass is 14.6. The lowest BCUT2D eigenvalue weighted by Crippen LogP contribution is -2.06. The fourth-order valence-corrected chi connectivity index (χ4v) is 2.91. The summed E-state index contributed by atoms with van der Waals surface area (Å²) in [5.41, 5.74) is 0. The first-order valence-electron chi connectivity index (χ1n) is 7.29. The van der Waals surface area contributed by atoms with Crippen LogP contribution in [0.4, 0.5) is 0 Å². The molecule has 1 saturated carbocycles. The standard InChI is InChI=1S/C15H29N/c1-3-14(13-16-2)9-7-8-12-15-10-5-4-6-11-15/h13-15H,3-12H2,1-2H3/b16-13+/t14-/m0/s1. The normalized spacial score (nSPS) is 20.4. The monoisotopic (exact) mass is 223 g/mol. The SMILES string of the molecule is CC[C@H](/C=N/C)CCCCC1CCCCC1. The lowest BCUT2D eigenvalue weighted by Gasteiger charge is -2.21. The summed E-state index contributed by atoms with van der Waals surface area (Å²) in [6.07, 6.45) is 16.6. The molecule has 1 fully saturated rings. The molecule has 1 aliphatic carbocycles.